The number of carbonyl (C=O) groups is 1. The van der Waals surface area contributed by atoms with Gasteiger partial charge in [-0.3, -0.25) is 4.79 Å². The second kappa shape index (κ2) is 19.3. The van der Waals surface area contributed by atoms with Gasteiger partial charge in [0.25, 0.3) is 0 Å². The molecule has 5 N–H and O–H groups in total. The summed E-state index contributed by atoms with van der Waals surface area (Å²) in [6.07, 6.45) is -7.73. The highest BCUT2D eigenvalue weighted by Gasteiger charge is 2.53. The van der Waals surface area contributed by atoms with Crippen LogP contribution in [0.4, 0.5) is 0 Å². The van der Waals surface area contributed by atoms with Crippen LogP contribution in [0.1, 0.15) is 94.9 Å². The molecule has 0 bridgehead atoms. The molecule has 3 rings (SSSR count). The standard InChI is InChI=1S/C40H72N2O13/c1-15-17-50-41-30-21(3)19-38(9,47)35(55-37-31(43)27(42(12)13)18-22(4)51-37)24(6)32(54-29-20-39(10,49-14)34(45)26(8)52-29)25(7)36(46)53-28(16-2)40(11,48)33(44)23(30)5/h15,21-29,31-35,37,43-45,47-48H,1,16-20H2,2-14H3/b41-30+/t21-,22-,23+,24+,25-,26+,27+,28?,29+,31-,32?,33-,34+,35-,37+,38-,39-,40-/m1/s1. The molecule has 3 heterocycles. The number of hydrogen-bond acceptors (Lipinski definition) is 15. The summed E-state index contributed by atoms with van der Waals surface area (Å²) in [5.74, 6) is -4.00. The number of methoxy groups -OCH3 is 1. The minimum Gasteiger partial charge on any atom is -0.459 e. The van der Waals surface area contributed by atoms with Gasteiger partial charge in [0.1, 0.15) is 30.5 Å². The molecule has 3 fully saturated rings. The van der Waals surface area contributed by atoms with Crippen molar-refractivity contribution in [3.63, 3.8) is 0 Å². The van der Waals surface area contributed by atoms with Crippen molar-refractivity contribution in [2.24, 2.45) is 28.8 Å². The normalized spacial score (nSPS) is 47.6. The highest BCUT2D eigenvalue weighted by Crippen LogP contribution is 2.41. The molecule has 0 aromatic rings. The lowest BCUT2D eigenvalue weighted by Gasteiger charge is -2.49. The third kappa shape index (κ3) is 10.8. The Morgan fingerprint density at radius 3 is 2.16 bits per heavy atom. The first-order chi connectivity index (χ1) is 25.5. The molecule has 0 spiro atoms. The average Bonchev–Trinajstić information content (AvgIpc) is 3.11. The van der Waals surface area contributed by atoms with Crippen LogP contribution in [-0.4, -0.2) is 154 Å². The van der Waals surface area contributed by atoms with E-state index in [-0.39, 0.29) is 38.0 Å². The van der Waals surface area contributed by atoms with Gasteiger partial charge in [-0.25, -0.2) is 0 Å². The molecule has 3 aliphatic heterocycles. The highest BCUT2D eigenvalue weighted by molar-refractivity contribution is 5.88. The summed E-state index contributed by atoms with van der Waals surface area (Å²) in [7, 11) is 5.22. The predicted molar refractivity (Wildman–Crippen MR) is 205 cm³/mol. The second-order valence-electron chi connectivity index (χ2n) is 17.2. The minimum atomic E-state index is -1.94. The van der Waals surface area contributed by atoms with Crippen LogP contribution in [-0.2, 0) is 38.1 Å². The van der Waals surface area contributed by atoms with Gasteiger partial charge in [0.2, 0.25) is 0 Å². The predicted octanol–water partition coefficient (Wildman–Crippen LogP) is 2.78. The summed E-state index contributed by atoms with van der Waals surface area (Å²) in [6, 6.07) is -0.315. The Hall–Kier alpha value is -1.76. The summed E-state index contributed by atoms with van der Waals surface area (Å²) in [6.45, 7) is 20.8. The molecule has 0 aromatic carbocycles. The molecule has 0 amide bonds. The topological polar surface area (TPSA) is 198 Å². The fourth-order valence-electron chi connectivity index (χ4n) is 8.76. The van der Waals surface area contributed by atoms with E-state index in [4.69, 9.17) is 33.3 Å². The van der Waals surface area contributed by atoms with Gasteiger partial charge >= 0.3 is 5.97 Å². The number of nitrogens with zero attached hydrogens (tertiary/aromatic N) is 2. The molecule has 3 saturated heterocycles. The van der Waals surface area contributed by atoms with Gasteiger partial charge in [-0.05, 0) is 74.9 Å². The van der Waals surface area contributed by atoms with Crippen LogP contribution >= 0.6 is 0 Å². The maximum absolute atomic E-state index is 14.3. The van der Waals surface area contributed by atoms with E-state index in [2.05, 4.69) is 11.7 Å². The average molecular weight is 789 g/mol. The molecule has 0 saturated carbocycles. The summed E-state index contributed by atoms with van der Waals surface area (Å²) >= 11 is 0. The molecule has 320 valence electrons. The number of aliphatic hydroxyl groups excluding tert-OH is 3. The van der Waals surface area contributed by atoms with Gasteiger partial charge in [0.05, 0.1) is 53.4 Å². The van der Waals surface area contributed by atoms with Crippen molar-refractivity contribution in [1.29, 1.82) is 0 Å². The van der Waals surface area contributed by atoms with Crippen LogP contribution < -0.4 is 0 Å². The van der Waals surface area contributed by atoms with E-state index < -0.39 is 102 Å². The van der Waals surface area contributed by atoms with E-state index in [1.165, 1.54) is 20.1 Å². The van der Waals surface area contributed by atoms with Crippen molar-refractivity contribution < 1.29 is 63.6 Å². The van der Waals surface area contributed by atoms with Crippen LogP contribution in [0.3, 0.4) is 0 Å². The smallest absolute Gasteiger partial charge is 0.311 e. The van der Waals surface area contributed by atoms with E-state index in [0.29, 0.717) is 12.1 Å². The first-order valence-corrected chi connectivity index (χ1v) is 19.8. The van der Waals surface area contributed by atoms with Crippen molar-refractivity contribution in [2.45, 2.75) is 179 Å². The zero-order valence-electron chi connectivity index (χ0n) is 35.4. The minimum absolute atomic E-state index is 0.000620. The molecule has 15 heteroatoms. The van der Waals surface area contributed by atoms with Crippen molar-refractivity contribution in [2.75, 3.05) is 27.8 Å². The Labute approximate surface area is 328 Å². The maximum atomic E-state index is 14.3. The first kappa shape index (κ1) is 47.6. The monoisotopic (exact) mass is 789 g/mol. The van der Waals surface area contributed by atoms with Crippen LogP contribution in [0.15, 0.2) is 17.8 Å². The molecular formula is C40H72N2O13. The number of carbonyl (C=O) groups excluding carboxylic acids is 1. The zero-order chi connectivity index (χ0) is 41.8. The van der Waals surface area contributed by atoms with Crippen molar-refractivity contribution in [1.82, 2.24) is 4.90 Å². The molecule has 0 aromatic heterocycles. The van der Waals surface area contributed by atoms with Gasteiger partial charge in [0, 0.05) is 37.3 Å². The van der Waals surface area contributed by atoms with Gasteiger partial charge in [-0.15, -0.1) is 0 Å². The van der Waals surface area contributed by atoms with Gasteiger partial charge in [-0.2, -0.15) is 0 Å². The summed E-state index contributed by atoms with van der Waals surface area (Å²) < 4.78 is 37.6. The van der Waals surface area contributed by atoms with Gasteiger partial charge in [-0.1, -0.05) is 45.5 Å². The molecule has 0 radical (unpaired) electrons. The van der Waals surface area contributed by atoms with Crippen LogP contribution in [0.5, 0.6) is 0 Å². The fraction of sp³-hybridized carbons (Fsp3) is 0.900. The third-order valence-electron chi connectivity index (χ3n) is 12.2. The van der Waals surface area contributed by atoms with E-state index in [1.807, 2.05) is 32.8 Å². The van der Waals surface area contributed by atoms with Gasteiger partial charge < -0.3 is 63.7 Å². The molecule has 3 aliphatic rings. The highest BCUT2D eigenvalue weighted by atomic mass is 16.7. The van der Waals surface area contributed by atoms with Gasteiger partial charge in [0.15, 0.2) is 12.6 Å². The van der Waals surface area contributed by atoms with Crippen LogP contribution in [0.2, 0.25) is 0 Å². The molecule has 18 atom stereocenters. The number of oxime groups is 1. The maximum Gasteiger partial charge on any atom is 0.311 e. The second-order valence-corrected chi connectivity index (χ2v) is 17.2. The zero-order valence-corrected chi connectivity index (χ0v) is 35.4. The lowest BCUT2D eigenvalue weighted by Crippen LogP contribution is -2.61. The number of rotatable bonds is 10. The van der Waals surface area contributed by atoms with Crippen molar-refractivity contribution >= 4 is 11.7 Å². The summed E-state index contributed by atoms with van der Waals surface area (Å²) in [5, 5.41) is 63.2. The number of ether oxygens (including phenoxy) is 6. The number of cyclic esters (lactones) is 1. The largest absolute Gasteiger partial charge is 0.459 e. The molecule has 0 aliphatic carbocycles. The van der Waals surface area contributed by atoms with E-state index in [1.54, 1.807) is 48.5 Å². The molecular weight excluding hydrogens is 716 g/mol. The lowest BCUT2D eigenvalue weighted by molar-refractivity contribution is -0.317. The third-order valence-corrected chi connectivity index (χ3v) is 12.2. The number of aliphatic hydroxyl groups is 5. The number of hydrogen-bond donors (Lipinski definition) is 5. The van der Waals surface area contributed by atoms with Crippen molar-refractivity contribution in [3.05, 3.63) is 12.7 Å². The molecule has 55 heavy (non-hydrogen) atoms. The van der Waals surface area contributed by atoms with Crippen LogP contribution in [0, 0.1) is 23.7 Å². The Morgan fingerprint density at radius 1 is 0.964 bits per heavy atom. The van der Waals surface area contributed by atoms with E-state index in [0.717, 1.165) is 0 Å². The fourth-order valence-corrected chi connectivity index (χ4v) is 8.76. The quantitative estimate of drug-likeness (QED) is 0.0938. The number of esters is 1. The molecule has 2 unspecified atom stereocenters. The Kier molecular flexibility index (Phi) is 16.7. The summed E-state index contributed by atoms with van der Waals surface area (Å²) in [4.78, 5) is 21.7. The lowest BCUT2D eigenvalue weighted by atomic mass is 9.73. The van der Waals surface area contributed by atoms with Crippen molar-refractivity contribution in [3.8, 4) is 0 Å². The Bertz CT molecular complexity index is 1280. The first-order valence-electron chi connectivity index (χ1n) is 19.8. The molecule has 15 nitrogen and oxygen atoms in total. The Morgan fingerprint density at radius 2 is 1.60 bits per heavy atom. The number of likely N-dealkylation sites (N-methyl/N-ethyl adjacent to an activating group) is 1. The van der Waals surface area contributed by atoms with E-state index in [9.17, 15) is 30.3 Å². The Balaban J connectivity index is 2.25. The SMILES string of the molecule is C=CCO/N=C1\[C@H](C)C[C@@](C)(O)[C@H](O[C@@H]2O[C@H](C)C[C@H](N(C)C)[C@H]2O)[C@@H](C)C(O[C@H]2C[C@@](C)(OC)[C@@H](O)[C@H](C)O2)[C@@H](C)C(=O)OC(CC)[C@@](C)(O)[C@H](O)[C@H]1C. The summed E-state index contributed by atoms with van der Waals surface area (Å²) in [5.41, 5.74) is -4.37. The van der Waals surface area contributed by atoms with E-state index >= 15 is 0 Å². The van der Waals surface area contributed by atoms with Crippen LogP contribution in [0.25, 0.3) is 0 Å².